The number of hydrogen-bond acceptors (Lipinski definition) is 2. The number of carbonyl (C=O) groups excluding carboxylic acids is 1. The van der Waals surface area contributed by atoms with Crippen molar-refractivity contribution in [3.05, 3.63) is 64.5 Å². The lowest BCUT2D eigenvalue weighted by Crippen LogP contribution is -2.09. The van der Waals surface area contributed by atoms with Crippen molar-refractivity contribution in [1.29, 1.82) is 0 Å². The molecule has 0 fully saturated rings. The molecular weight excluding hydrogens is 234 g/mol. The second kappa shape index (κ2) is 5.79. The number of Topliss-reactive ketones (excluding diaryl/α,β-unsaturated/α-hetero) is 1. The Morgan fingerprint density at radius 1 is 1.16 bits per heavy atom. The molecule has 0 spiro atoms. The van der Waals surface area contributed by atoms with Crippen LogP contribution in [-0.4, -0.2) is 10.8 Å². The molecule has 0 aliphatic heterocycles. The van der Waals surface area contributed by atoms with Crippen molar-refractivity contribution in [3.8, 4) is 0 Å². The molecule has 19 heavy (non-hydrogen) atoms. The Labute approximate surface area is 114 Å². The summed E-state index contributed by atoms with van der Waals surface area (Å²) in [6.07, 6.45) is 2.94. The van der Waals surface area contributed by atoms with Gasteiger partial charge < -0.3 is 0 Å². The number of benzene rings is 1. The van der Waals surface area contributed by atoms with E-state index in [1.54, 1.807) is 6.20 Å². The van der Waals surface area contributed by atoms with Crippen molar-refractivity contribution < 1.29 is 4.79 Å². The lowest BCUT2D eigenvalue weighted by atomic mass is 9.99. The maximum atomic E-state index is 12.3. The lowest BCUT2D eigenvalue weighted by molar-refractivity contribution is 0.0987. The van der Waals surface area contributed by atoms with Gasteiger partial charge >= 0.3 is 0 Å². The predicted octanol–water partition coefficient (Wildman–Crippen LogP) is 3.69. The van der Waals surface area contributed by atoms with Crippen LogP contribution in [0.15, 0.2) is 36.5 Å². The molecule has 98 valence electrons. The molecule has 0 radical (unpaired) electrons. The smallest absolute Gasteiger partial charge is 0.185 e. The Balaban J connectivity index is 2.23. The minimum atomic E-state index is 0.0979. The SMILES string of the molecule is CCc1cccnc1C(=O)Cc1ccc(C)c(C)c1. The van der Waals surface area contributed by atoms with Crippen molar-refractivity contribution >= 4 is 5.78 Å². The third-order valence-electron chi connectivity index (χ3n) is 3.47. The first-order valence-electron chi connectivity index (χ1n) is 6.65. The highest BCUT2D eigenvalue weighted by Crippen LogP contribution is 2.14. The van der Waals surface area contributed by atoms with Crippen LogP contribution in [0.4, 0.5) is 0 Å². The van der Waals surface area contributed by atoms with E-state index in [2.05, 4.69) is 31.0 Å². The van der Waals surface area contributed by atoms with Gasteiger partial charge in [0.1, 0.15) is 5.69 Å². The van der Waals surface area contributed by atoms with Gasteiger partial charge in [0.15, 0.2) is 5.78 Å². The largest absolute Gasteiger partial charge is 0.292 e. The molecule has 0 aliphatic carbocycles. The van der Waals surface area contributed by atoms with Crippen LogP contribution in [0.2, 0.25) is 0 Å². The molecule has 0 aliphatic rings. The van der Waals surface area contributed by atoms with Gasteiger partial charge in [0.25, 0.3) is 0 Å². The van der Waals surface area contributed by atoms with Gasteiger partial charge in [-0.3, -0.25) is 9.78 Å². The Morgan fingerprint density at radius 2 is 1.95 bits per heavy atom. The van der Waals surface area contributed by atoms with Crippen molar-refractivity contribution in [3.63, 3.8) is 0 Å². The average Bonchev–Trinajstić information content (AvgIpc) is 2.43. The summed E-state index contributed by atoms with van der Waals surface area (Å²) in [5, 5.41) is 0. The van der Waals surface area contributed by atoms with E-state index >= 15 is 0 Å². The van der Waals surface area contributed by atoms with Crippen molar-refractivity contribution in [2.45, 2.75) is 33.6 Å². The van der Waals surface area contributed by atoms with E-state index < -0.39 is 0 Å². The van der Waals surface area contributed by atoms with Crippen LogP contribution in [0.3, 0.4) is 0 Å². The van der Waals surface area contributed by atoms with E-state index in [0.717, 1.165) is 17.5 Å². The van der Waals surface area contributed by atoms with Crippen molar-refractivity contribution in [2.24, 2.45) is 0 Å². The molecule has 1 aromatic carbocycles. The maximum Gasteiger partial charge on any atom is 0.185 e. The highest BCUT2D eigenvalue weighted by Gasteiger charge is 2.12. The first-order valence-corrected chi connectivity index (χ1v) is 6.65. The fraction of sp³-hybridized carbons (Fsp3) is 0.294. The molecule has 0 bridgehead atoms. The monoisotopic (exact) mass is 253 g/mol. The molecule has 0 saturated heterocycles. The van der Waals surface area contributed by atoms with Crippen LogP contribution in [0.1, 0.15) is 39.7 Å². The van der Waals surface area contributed by atoms with E-state index in [0.29, 0.717) is 12.1 Å². The summed E-state index contributed by atoms with van der Waals surface area (Å²) in [6, 6.07) is 10.0. The van der Waals surface area contributed by atoms with Gasteiger partial charge in [0.05, 0.1) is 0 Å². The molecule has 2 nitrogen and oxygen atoms in total. The van der Waals surface area contributed by atoms with Crippen LogP contribution in [-0.2, 0) is 12.8 Å². The highest BCUT2D eigenvalue weighted by atomic mass is 16.1. The Morgan fingerprint density at radius 3 is 2.63 bits per heavy atom. The summed E-state index contributed by atoms with van der Waals surface area (Å²) in [5.41, 5.74) is 5.17. The molecule has 1 heterocycles. The van der Waals surface area contributed by atoms with Gasteiger partial charge in [-0.05, 0) is 48.6 Å². The molecular formula is C17H19NO. The zero-order valence-electron chi connectivity index (χ0n) is 11.7. The third-order valence-corrected chi connectivity index (χ3v) is 3.47. The maximum absolute atomic E-state index is 12.3. The molecule has 0 amide bonds. The number of carbonyl (C=O) groups is 1. The standard InChI is InChI=1S/C17H19NO/c1-4-15-6-5-9-18-17(15)16(19)11-14-8-7-12(2)13(3)10-14/h5-10H,4,11H2,1-3H3. The Hall–Kier alpha value is -1.96. The predicted molar refractivity (Wildman–Crippen MR) is 77.6 cm³/mol. The molecule has 0 unspecified atom stereocenters. The van der Waals surface area contributed by atoms with Gasteiger partial charge in [-0.25, -0.2) is 0 Å². The van der Waals surface area contributed by atoms with Crippen LogP contribution in [0.5, 0.6) is 0 Å². The lowest BCUT2D eigenvalue weighted by Gasteiger charge is -2.07. The summed E-state index contributed by atoms with van der Waals surface area (Å²) in [7, 11) is 0. The van der Waals surface area contributed by atoms with Crippen LogP contribution < -0.4 is 0 Å². The summed E-state index contributed by atoms with van der Waals surface area (Å²) in [4.78, 5) is 16.6. The Kier molecular flexibility index (Phi) is 4.10. The Bertz CT molecular complexity index is 602. The van der Waals surface area contributed by atoms with Crippen molar-refractivity contribution in [1.82, 2.24) is 4.98 Å². The molecule has 0 N–H and O–H groups in total. The van der Waals surface area contributed by atoms with Gasteiger partial charge in [-0.15, -0.1) is 0 Å². The van der Waals surface area contributed by atoms with Crippen LogP contribution >= 0.6 is 0 Å². The molecule has 0 atom stereocenters. The second-order valence-corrected chi connectivity index (χ2v) is 4.88. The zero-order valence-corrected chi connectivity index (χ0v) is 11.7. The van der Waals surface area contributed by atoms with E-state index in [1.807, 2.05) is 25.1 Å². The zero-order chi connectivity index (χ0) is 13.8. The summed E-state index contributed by atoms with van der Waals surface area (Å²) in [5.74, 6) is 0.0979. The normalized spacial score (nSPS) is 10.5. The molecule has 2 aromatic rings. The van der Waals surface area contributed by atoms with E-state index in [4.69, 9.17) is 0 Å². The van der Waals surface area contributed by atoms with E-state index in [9.17, 15) is 4.79 Å². The number of rotatable bonds is 4. The van der Waals surface area contributed by atoms with Gasteiger partial charge in [0, 0.05) is 12.6 Å². The summed E-state index contributed by atoms with van der Waals surface area (Å²) >= 11 is 0. The quantitative estimate of drug-likeness (QED) is 0.778. The van der Waals surface area contributed by atoms with E-state index in [1.165, 1.54) is 11.1 Å². The minimum absolute atomic E-state index is 0.0979. The topological polar surface area (TPSA) is 30.0 Å². The third kappa shape index (κ3) is 3.08. The average molecular weight is 253 g/mol. The number of pyridine rings is 1. The van der Waals surface area contributed by atoms with Gasteiger partial charge in [-0.2, -0.15) is 0 Å². The molecule has 2 heteroatoms. The van der Waals surface area contributed by atoms with Crippen LogP contribution in [0, 0.1) is 13.8 Å². The highest BCUT2D eigenvalue weighted by molar-refractivity contribution is 5.97. The number of aryl methyl sites for hydroxylation is 3. The molecule has 0 saturated carbocycles. The summed E-state index contributed by atoms with van der Waals surface area (Å²) in [6.45, 7) is 6.19. The number of ketones is 1. The van der Waals surface area contributed by atoms with E-state index in [-0.39, 0.29) is 5.78 Å². The first-order chi connectivity index (χ1) is 9.11. The number of hydrogen-bond donors (Lipinski definition) is 0. The van der Waals surface area contributed by atoms with Gasteiger partial charge in [0.2, 0.25) is 0 Å². The fourth-order valence-corrected chi connectivity index (χ4v) is 2.16. The van der Waals surface area contributed by atoms with Crippen LogP contribution in [0.25, 0.3) is 0 Å². The fourth-order valence-electron chi connectivity index (χ4n) is 2.16. The number of aromatic nitrogens is 1. The minimum Gasteiger partial charge on any atom is -0.292 e. The van der Waals surface area contributed by atoms with Crippen molar-refractivity contribution in [2.75, 3.05) is 0 Å². The van der Waals surface area contributed by atoms with Gasteiger partial charge in [-0.1, -0.05) is 31.2 Å². The molecule has 2 rings (SSSR count). The second-order valence-electron chi connectivity index (χ2n) is 4.88. The number of nitrogens with zero attached hydrogens (tertiary/aromatic N) is 1. The first kappa shape index (κ1) is 13.5. The molecule has 1 aromatic heterocycles. The summed E-state index contributed by atoms with van der Waals surface area (Å²) < 4.78 is 0.